The van der Waals surface area contributed by atoms with E-state index < -0.39 is 17.7 Å². The van der Waals surface area contributed by atoms with E-state index in [9.17, 15) is 14.4 Å². The number of hydrogen-bond acceptors (Lipinski definition) is 4. The fourth-order valence-electron chi connectivity index (χ4n) is 4.03. The molecule has 0 saturated heterocycles. The molecule has 2 saturated carbocycles. The van der Waals surface area contributed by atoms with Gasteiger partial charge in [-0.1, -0.05) is 38.5 Å². The topological polar surface area (TPSA) is 87.7 Å². The summed E-state index contributed by atoms with van der Waals surface area (Å²) in [5.74, 6) is -0.369. The van der Waals surface area contributed by atoms with Gasteiger partial charge in [0.25, 0.3) is 5.91 Å². The Balaban J connectivity index is 2.05. The molecule has 2 rings (SSSR count). The number of amides is 4. The quantitative estimate of drug-likeness (QED) is 0.750. The minimum Gasteiger partial charge on any atom is -0.444 e. The summed E-state index contributed by atoms with van der Waals surface area (Å²) < 4.78 is 5.24. The molecule has 2 fully saturated rings. The molecular formula is C21H37N3O4. The first-order chi connectivity index (χ1) is 13.2. The Hall–Kier alpha value is -1.79. The number of carbonyl (C=O) groups excluding carboxylic acids is 3. The monoisotopic (exact) mass is 395 g/mol. The van der Waals surface area contributed by atoms with Crippen molar-refractivity contribution in [3.8, 4) is 0 Å². The molecule has 0 aromatic heterocycles. The predicted octanol–water partition coefficient (Wildman–Crippen LogP) is 4.10. The molecule has 0 aliphatic heterocycles. The largest absolute Gasteiger partial charge is 0.444 e. The third-order valence-corrected chi connectivity index (χ3v) is 5.43. The van der Waals surface area contributed by atoms with Gasteiger partial charge in [-0.15, -0.1) is 0 Å². The molecule has 7 heteroatoms. The number of urea groups is 1. The predicted molar refractivity (Wildman–Crippen MR) is 108 cm³/mol. The van der Waals surface area contributed by atoms with E-state index in [0.29, 0.717) is 0 Å². The van der Waals surface area contributed by atoms with Gasteiger partial charge in [0.05, 0.1) is 0 Å². The molecule has 28 heavy (non-hydrogen) atoms. The molecule has 2 N–H and O–H groups in total. The molecule has 2 aliphatic rings. The number of rotatable bonds is 4. The second-order valence-electron chi connectivity index (χ2n) is 9.15. The van der Waals surface area contributed by atoms with Crippen molar-refractivity contribution in [1.82, 2.24) is 15.5 Å². The zero-order valence-electron chi connectivity index (χ0n) is 17.9. The summed E-state index contributed by atoms with van der Waals surface area (Å²) in [5.41, 5.74) is -0.645. The van der Waals surface area contributed by atoms with E-state index in [1.165, 1.54) is 11.3 Å². The molecule has 0 unspecified atom stereocenters. The van der Waals surface area contributed by atoms with Gasteiger partial charge in [0.1, 0.15) is 11.6 Å². The Morgan fingerprint density at radius 1 is 0.929 bits per heavy atom. The highest BCUT2D eigenvalue weighted by molar-refractivity contribution is 5.98. The van der Waals surface area contributed by atoms with E-state index in [1.54, 1.807) is 27.7 Å². The third-order valence-electron chi connectivity index (χ3n) is 5.43. The molecule has 0 bridgehead atoms. The van der Waals surface area contributed by atoms with Crippen molar-refractivity contribution < 1.29 is 19.1 Å². The van der Waals surface area contributed by atoms with Crippen LogP contribution >= 0.6 is 0 Å². The zero-order valence-corrected chi connectivity index (χ0v) is 17.9. The molecule has 160 valence electrons. The van der Waals surface area contributed by atoms with Crippen LogP contribution in [0, 0.1) is 0 Å². The maximum absolute atomic E-state index is 13.1. The van der Waals surface area contributed by atoms with Crippen molar-refractivity contribution in [2.24, 2.45) is 0 Å². The lowest BCUT2D eigenvalue weighted by atomic mass is 9.93. The number of imide groups is 1. The van der Waals surface area contributed by atoms with Crippen molar-refractivity contribution in [1.29, 1.82) is 0 Å². The summed E-state index contributed by atoms with van der Waals surface area (Å²) in [6.07, 6.45) is 9.50. The number of alkyl carbamates (subject to hydrolysis) is 1. The second kappa shape index (κ2) is 10.1. The van der Waals surface area contributed by atoms with Crippen molar-refractivity contribution in [2.45, 2.75) is 116 Å². The zero-order chi connectivity index (χ0) is 20.7. The van der Waals surface area contributed by atoms with Crippen LogP contribution in [0.2, 0.25) is 0 Å². The number of ether oxygens (including phenoxy) is 1. The van der Waals surface area contributed by atoms with Crippen molar-refractivity contribution in [3.05, 3.63) is 0 Å². The van der Waals surface area contributed by atoms with E-state index in [4.69, 9.17) is 4.74 Å². The average Bonchev–Trinajstić information content (AvgIpc) is 2.61. The van der Waals surface area contributed by atoms with Crippen LogP contribution in [0.3, 0.4) is 0 Å². The maximum Gasteiger partial charge on any atom is 0.408 e. The van der Waals surface area contributed by atoms with Crippen LogP contribution in [-0.2, 0) is 9.53 Å². The fourth-order valence-corrected chi connectivity index (χ4v) is 4.03. The summed E-state index contributed by atoms with van der Waals surface area (Å²) in [6.45, 7) is 6.91. The van der Waals surface area contributed by atoms with Gasteiger partial charge in [-0.3, -0.25) is 9.69 Å². The fraction of sp³-hybridized carbons (Fsp3) is 0.857. The Bertz CT molecular complexity index is 546. The molecule has 7 nitrogen and oxygen atoms in total. The number of nitrogens with zero attached hydrogens (tertiary/aromatic N) is 1. The van der Waals surface area contributed by atoms with Gasteiger partial charge in [0.2, 0.25) is 0 Å². The van der Waals surface area contributed by atoms with Crippen LogP contribution in [0.4, 0.5) is 9.59 Å². The SMILES string of the molecule is C[C@H](NC(=O)OC(C)(C)C)C(=O)N(C(=O)NC1CCCCC1)C1CCCCC1. The molecule has 0 aromatic rings. The molecule has 0 radical (unpaired) electrons. The van der Waals surface area contributed by atoms with Gasteiger partial charge >= 0.3 is 12.1 Å². The molecule has 0 aromatic carbocycles. The van der Waals surface area contributed by atoms with E-state index >= 15 is 0 Å². The standard InChI is InChI=1S/C21H37N3O4/c1-15(22-20(27)28-21(2,3)4)18(25)24(17-13-9-6-10-14-17)19(26)23-16-11-7-5-8-12-16/h15-17H,5-14H2,1-4H3,(H,22,27)(H,23,26)/t15-/m0/s1. The molecule has 4 amide bonds. The van der Waals surface area contributed by atoms with Gasteiger partial charge in [-0.05, 0) is 53.4 Å². The van der Waals surface area contributed by atoms with E-state index in [1.807, 2.05) is 0 Å². The first kappa shape index (κ1) is 22.5. The smallest absolute Gasteiger partial charge is 0.408 e. The number of nitrogens with one attached hydrogen (secondary N) is 2. The van der Waals surface area contributed by atoms with E-state index in [-0.39, 0.29) is 24.0 Å². The Morgan fingerprint density at radius 2 is 1.46 bits per heavy atom. The molecule has 1 atom stereocenters. The van der Waals surface area contributed by atoms with E-state index in [0.717, 1.165) is 57.8 Å². The normalized spacial score (nSPS) is 20.1. The minimum atomic E-state index is -0.825. The summed E-state index contributed by atoms with van der Waals surface area (Å²) in [5, 5.41) is 5.65. The summed E-state index contributed by atoms with van der Waals surface area (Å²) >= 11 is 0. The number of carbonyl (C=O) groups is 3. The lowest BCUT2D eigenvalue weighted by molar-refractivity contribution is -0.132. The average molecular weight is 396 g/mol. The van der Waals surface area contributed by atoms with Crippen molar-refractivity contribution >= 4 is 18.0 Å². The molecular weight excluding hydrogens is 358 g/mol. The van der Waals surface area contributed by atoms with Gasteiger partial charge in [-0.25, -0.2) is 9.59 Å². The minimum absolute atomic E-state index is 0.104. The summed E-state index contributed by atoms with van der Waals surface area (Å²) in [4.78, 5) is 39.6. The van der Waals surface area contributed by atoms with Crippen LogP contribution in [-0.4, -0.2) is 46.7 Å². The van der Waals surface area contributed by atoms with Gasteiger partial charge in [0, 0.05) is 12.1 Å². The molecule has 2 aliphatic carbocycles. The van der Waals surface area contributed by atoms with Crippen LogP contribution in [0.15, 0.2) is 0 Å². The summed E-state index contributed by atoms with van der Waals surface area (Å²) in [6, 6.07) is -1.11. The van der Waals surface area contributed by atoms with Crippen molar-refractivity contribution in [2.75, 3.05) is 0 Å². The molecule has 0 heterocycles. The van der Waals surface area contributed by atoms with Crippen LogP contribution in [0.25, 0.3) is 0 Å². The lowest BCUT2D eigenvalue weighted by Gasteiger charge is -2.36. The second-order valence-corrected chi connectivity index (χ2v) is 9.15. The van der Waals surface area contributed by atoms with E-state index in [2.05, 4.69) is 10.6 Å². The number of hydrogen-bond donors (Lipinski definition) is 2. The van der Waals surface area contributed by atoms with Crippen molar-refractivity contribution in [3.63, 3.8) is 0 Å². The van der Waals surface area contributed by atoms with Crippen LogP contribution in [0.1, 0.15) is 91.9 Å². The Kier molecular flexibility index (Phi) is 8.13. The van der Waals surface area contributed by atoms with Gasteiger partial charge in [-0.2, -0.15) is 0 Å². The third kappa shape index (κ3) is 6.99. The highest BCUT2D eigenvalue weighted by atomic mass is 16.6. The van der Waals surface area contributed by atoms with Crippen LogP contribution < -0.4 is 10.6 Å². The first-order valence-corrected chi connectivity index (χ1v) is 10.8. The maximum atomic E-state index is 13.1. The highest BCUT2D eigenvalue weighted by Gasteiger charge is 2.35. The highest BCUT2D eigenvalue weighted by Crippen LogP contribution is 2.24. The van der Waals surface area contributed by atoms with Crippen LogP contribution in [0.5, 0.6) is 0 Å². The van der Waals surface area contributed by atoms with Gasteiger partial charge in [0.15, 0.2) is 0 Å². The lowest BCUT2D eigenvalue weighted by Crippen LogP contribution is -2.57. The first-order valence-electron chi connectivity index (χ1n) is 10.8. The Labute approximate surface area is 168 Å². The summed E-state index contributed by atoms with van der Waals surface area (Å²) in [7, 11) is 0. The molecule has 0 spiro atoms. The Morgan fingerprint density at radius 3 is 2.00 bits per heavy atom. The van der Waals surface area contributed by atoms with Gasteiger partial charge < -0.3 is 15.4 Å².